The van der Waals surface area contributed by atoms with Crippen LogP contribution in [0.5, 0.6) is 0 Å². The number of carbonyl (C=O) groups excluding carboxylic acids is 1. The van der Waals surface area contributed by atoms with E-state index in [-0.39, 0.29) is 5.91 Å². The van der Waals surface area contributed by atoms with Gasteiger partial charge in [0, 0.05) is 12.8 Å². The first kappa shape index (κ1) is 19.6. The van der Waals surface area contributed by atoms with E-state index >= 15 is 0 Å². The van der Waals surface area contributed by atoms with Gasteiger partial charge in [-0.25, -0.2) is 5.43 Å². The summed E-state index contributed by atoms with van der Waals surface area (Å²) in [7, 11) is 1.56. The second-order valence-corrected chi connectivity index (χ2v) is 6.86. The number of rotatable bonds is 4. The quantitative estimate of drug-likeness (QED) is 0.768. The third-order valence-corrected chi connectivity index (χ3v) is 4.83. The molecule has 1 fully saturated rings. The molecular weight excluding hydrogens is 312 g/mol. The predicted octanol–water partition coefficient (Wildman–Crippen LogP) is 5.15. The van der Waals surface area contributed by atoms with Crippen LogP contribution in [0.3, 0.4) is 0 Å². The van der Waals surface area contributed by atoms with Crippen LogP contribution in [-0.2, 0) is 9.53 Å². The summed E-state index contributed by atoms with van der Waals surface area (Å²) in [6.45, 7) is 0. The fourth-order valence-electron chi connectivity index (χ4n) is 3.35. The van der Waals surface area contributed by atoms with Crippen LogP contribution in [0.2, 0.25) is 0 Å². The molecule has 0 aromatic heterocycles. The van der Waals surface area contributed by atoms with Crippen LogP contribution in [0.15, 0.2) is 35.4 Å². The monoisotopic (exact) mass is 344 g/mol. The number of methoxy groups -OCH3 is 1. The van der Waals surface area contributed by atoms with E-state index in [0.29, 0.717) is 0 Å². The molecule has 1 aromatic rings. The van der Waals surface area contributed by atoms with Gasteiger partial charge in [0.1, 0.15) is 0 Å². The molecule has 1 atom stereocenters. The first-order valence-electron chi connectivity index (χ1n) is 9.74. The maximum absolute atomic E-state index is 12.5. The van der Waals surface area contributed by atoms with Crippen molar-refractivity contribution in [3.8, 4) is 0 Å². The van der Waals surface area contributed by atoms with Crippen LogP contribution in [0.4, 0.5) is 0 Å². The van der Waals surface area contributed by atoms with Gasteiger partial charge in [-0.3, -0.25) is 4.79 Å². The molecule has 0 spiro atoms. The zero-order chi connectivity index (χ0) is 17.7. The highest BCUT2D eigenvalue weighted by Gasteiger charge is 2.19. The number of amides is 1. The summed E-state index contributed by atoms with van der Waals surface area (Å²) in [6, 6.07) is 9.55. The van der Waals surface area contributed by atoms with E-state index in [9.17, 15) is 4.79 Å². The third kappa shape index (κ3) is 7.39. The number of hydrogen-bond acceptors (Lipinski definition) is 3. The summed E-state index contributed by atoms with van der Waals surface area (Å²) in [5, 5.41) is 4.44. The molecule has 0 unspecified atom stereocenters. The summed E-state index contributed by atoms with van der Waals surface area (Å²) in [5.41, 5.74) is 4.71. The van der Waals surface area contributed by atoms with E-state index in [4.69, 9.17) is 4.74 Å². The molecule has 1 aliphatic carbocycles. The Balaban J connectivity index is 1.92. The average Bonchev–Trinajstić information content (AvgIpc) is 2.63. The van der Waals surface area contributed by atoms with Gasteiger partial charge in [0.2, 0.25) is 0 Å². The molecule has 0 bridgehead atoms. The van der Waals surface area contributed by atoms with E-state index in [1.54, 1.807) is 7.11 Å². The van der Waals surface area contributed by atoms with Crippen molar-refractivity contribution in [2.75, 3.05) is 7.11 Å². The molecule has 0 radical (unpaired) electrons. The summed E-state index contributed by atoms with van der Waals surface area (Å²) in [5.74, 6) is -0.202. The SMILES string of the molecule is CO[C@@H](C(=O)NN=C1CCCCCCCCCCC1)c1ccccc1. The Hall–Kier alpha value is -1.68. The topological polar surface area (TPSA) is 50.7 Å². The van der Waals surface area contributed by atoms with Gasteiger partial charge in [-0.2, -0.15) is 5.10 Å². The first-order chi connectivity index (χ1) is 12.3. The van der Waals surface area contributed by atoms with Crippen LogP contribution in [0, 0.1) is 0 Å². The molecule has 25 heavy (non-hydrogen) atoms. The Kier molecular flexibility index (Phi) is 9.27. The van der Waals surface area contributed by atoms with E-state index in [1.807, 2.05) is 30.3 Å². The molecule has 0 heterocycles. The van der Waals surface area contributed by atoms with Gasteiger partial charge < -0.3 is 4.74 Å². The molecule has 4 nitrogen and oxygen atoms in total. The maximum Gasteiger partial charge on any atom is 0.273 e. The molecule has 2 rings (SSSR count). The van der Waals surface area contributed by atoms with Crippen molar-refractivity contribution in [2.24, 2.45) is 5.10 Å². The number of carbonyl (C=O) groups is 1. The lowest BCUT2D eigenvalue weighted by atomic mass is 10.00. The number of nitrogens with one attached hydrogen (secondary N) is 1. The number of hydrazone groups is 1. The van der Waals surface area contributed by atoms with Gasteiger partial charge in [-0.05, 0) is 31.2 Å². The maximum atomic E-state index is 12.5. The van der Waals surface area contributed by atoms with Crippen molar-refractivity contribution in [3.05, 3.63) is 35.9 Å². The van der Waals surface area contributed by atoms with Crippen LogP contribution in [0.1, 0.15) is 82.3 Å². The molecule has 4 heteroatoms. The zero-order valence-electron chi connectivity index (χ0n) is 15.5. The molecule has 1 aliphatic rings. The van der Waals surface area contributed by atoms with Gasteiger partial charge in [0.05, 0.1) is 0 Å². The summed E-state index contributed by atoms with van der Waals surface area (Å²) in [4.78, 5) is 12.5. The van der Waals surface area contributed by atoms with Gasteiger partial charge in [0.15, 0.2) is 6.10 Å². The molecule has 0 aliphatic heterocycles. The summed E-state index contributed by atoms with van der Waals surface area (Å²) >= 11 is 0. The second kappa shape index (κ2) is 11.8. The summed E-state index contributed by atoms with van der Waals surface area (Å²) in [6.07, 6.45) is 13.0. The predicted molar refractivity (Wildman–Crippen MR) is 103 cm³/mol. The Morgan fingerprint density at radius 2 is 1.44 bits per heavy atom. The van der Waals surface area contributed by atoms with E-state index in [2.05, 4.69) is 10.5 Å². The van der Waals surface area contributed by atoms with Crippen molar-refractivity contribution < 1.29 is 9.53 Å². The smallest absolute Gasteiger partial charge is 0.273 e. The minimum Gasteiger partial charge on any atom is -0.367 e. The van der Waals surface area contributed by atoms with Crippen LogP contribution in [0.25, 0.3) is 0 Å². The highest BCUT2D eigenvalue weighted by molar-refractivity contribution is 5.87. The van der Waals surface area contributed by atoms with E-state index in [1.165, 1.54) is 57.8 Å². The van der Waals surface area contributed by atoms with Crippen LogP contribution >= 0.6 is 0 Å². The Morgan fingerprint density at radius 3 is 1.96 bits per heavy atom. The first-order valence-corrected chi connectivity index (χ1v) is 9.74. The highest BCUT2D eigenvalue weighted by Crippen LogP contribution is 2.17. The lowest BCUT2D eigenvalue weighted by Gasteiger charge is -2.15. The fraction of sp³-hybridized carbons (Fsp3) is 0.619. The van der Waals surface area contributed by atoms with Crippen molar-refractivity contribution in [3.63, 3.8) is 0 Å². The molecule has 138 valence electrons. The summed E-state index contributed by atoms with van der Waals surface area (Å²) < 4.78 is 5.37. The minimum absolute atomic E-state index is 0.202. The Labute approximate surface area is 152 Å². The standard InChI is InChI=1S/C21H32N2O2/c1-25-20(18-14-10-9-11-15-18)21(24)23-22-19-16-12-7-5-3-2-4-6-8-13-17-19/h9-11,14-15,20H,2-8,12-13,16-17H2,1H3,(H,23,24)/t20-/m1/s1. The highest BCUT2D eigenvalue weighted by atomic mass is 16.5. The molecule has 0 saturated heterocycles. The van der Waals surface area contributed by atoms with Crippen molar-refractivity contribution in [1.29, 1.82) is 0 Å². The fourth-order valence-corrected chi connectivity index (χ4v) is 3.35. The van der Waals surface area contributed by atoms with Gasteiger partial charge in [-0.15, -0.1) is 0 Å². The number of nitrogens with zero attached hydrogens (tertiary/aromatic N) is 1. The lowest BCUT2D eigenvalue weighted by Crippen LogP contribution is -2.27. The van der Waals surface area contributed by atoms with Crippen molar-refractivity contribution in [1.82, 2.24) is 5.43 Å². The Morgan fingerprint density at radius 1 is 0.920 bits per heavy atom. The van der Waals surface area contributed by atoms with Gasteiger partial charge in [0.25, 0.3) is 5.91 Å². The zero-order valence-corrected chi connectivity index (χ0v) is 15.5. The van der Waals surface area contributed by atoms with E-state index < -0.39 is 6.10 Å². The Bertz CT molecular complexity index is 514. The molecule has 1 aromatic carbocycles. The number of ether oxygens (including phenoxy) is 1. The van der Waals surface area contributed by atoms with Crippen molar-refractivity contribution >= 4 is 11.6 Å². The molecular formula is C21H32N2O2. The normalized spacial score (nSPS) is 18.5. The number of benzene rings is 1. The molecule has 1 saturated carbocycles. The second-order valence-electron chi connectivity index (χ2n) is 6.86. The average molecular weight is 344 g/mol. The van der Waals surface area contributed by atoms with Crippen molar-refractivity contribution in [2.45, 2.75) is 76.7 Å². The van der Waals surface area contributed by atoms with E-state index in [0.717, 1.165) is 24.1 Å². The van der Waals surface area contributed by atoms with Crippen LogP contribution < -0.4 is 5.43 Å². The van der Waals surface area contributed by atoms with Crippen LogP contribution in [-0.4, -0.2) is 18.7 Å². The van der Waals surface area contributed by atoms with Gasteiger partial charge >= 0.3 is 0 Å². The lowest BCUT2D eigenvalue weighted by molar-refractivity contribution is -0.131. The van der Waals surface area contributed by atoms with Gasteiger partial charge in [-0.1, -0.05) is 75.3 Å². The molecule has 1 N–H and O–H groups in total. The largest absolute Gasteiger partial charge is 0.367 e. The number of hydrogen-bond donors (Lipinski definition) is 1. The third-order valence-electron chi connectivity index (χ3n) is 4.83. The minimum atomic E-state index is -0.614. The molecule has 1 amide bonds.